The summed E-state index contributed by atoms with van der Waals surface area (Å²) in [5.74, 6) is 1.81. The molecule has 2 heterocycles. The number of nitrogens with one attached hydrogen (secondary N) is 2. The lowest BCUT2D eigenvalue weighted by Crippen LogP contribution is -2.12. The van der Waals surface area contributed by atoms with Gasteiger partial charge in [-0.3, -0.25) is 0 Å². The minimum absolute atomic E-state index is 0.253. The number of hydrogen-bond acceptors (Lipinski definition) is 6. The zero-order valence-corrected chi connectivity index (χ0v) is 12.7. The van der Waals surface area contributed by atoms with Gasteiger partial charge in [-0.1, -0.05) is 19.9 Å². The second-order valence-corrected chi connectivity index (χ2v) is 5.52. The minimum Gasteiger partial charge on any atom is -0.370 e. The largest absolute Gasteiger partial charge is 0.370 e. The van der Waals surface area contributed by atoms with Crippen molar-refractivity contribution in [2.24, 2.45) is 0 Å². The Kier molecular flexibility index (Phi) is 5.17. The van der Waals surface area contributed by atoms with Crippen molar-refractivity contribution in [3.8, 4) is 0 Å². The van der Waals surface area contributed by atoms with Crippen LogP contribution in [0.4, 0.5) is 17.6 Å². The van der Waals surface area contributed by atoms with E-state index in [9.17, 15) is 0 Å². The molecule has 0 spiro atoms. The molecule has 4 N–H and O–H groups in total. The van der Waals surface area contributed by atoms with Crippen LogP contribution in [0.15, 0.2) is 23.6 Å². The summed E-state index contributed by atoms with van der Waals surface area (Å²) < 4.78 is 0. The Labute approximate surface area is 123 Å². The van der Waals surface area contributed by atoms with Crippen LogP contribution in [0.2, 0.25) is 0 Å². The number of aromatic nitrogens is 2. The molecule has 0 saturated heterocycles. The van der Waals surface area contributed by atoms with Gasteiger partial charge in [-0.05, 0) is 24.3 Å². The van der Waals surface area contributed by atoms with Gasteiger partial charge in [-0.25, -0.2) is 0 Å². The molecule has 5 nitrogen and oxygen atoms in total. The SMILES string of the molecule is CCCNc1cc(NC(CC)c2cccs2)nc(N)n1. The van der Waals surface area contributed by atoms with Crippen LogP contribution in [0, 0.1) is 0 Å². The fraction of sp³-hybridized carbons (Fsp3) is 0.429. The Hall–Kier alpha value is -1.82. The molecule has 2 aromatic heterocycles. The Morgan fingerprint density at radius 3 is 2.75 bits per heavy atom. The van der Waals surface area contributed by atoms with Crippen LogP contribution in [0.5, 0.6) is 0 Å². The van der Waals surface area contributed by atoms with Crippen molar-refractivity contribution in [1.82, 2.24) is 9.97 Å². The molecule has 108 valence electrons. The van der Waals surface area contributed by atoms with Crippen LogP contribution in [-0.2, 0) is 0 Å². The molecule has 0 saturated carbocycles. The Balaban J connectivity index is 2.13. The second kappa shape index (κ2) is 7.09. The fourth-order valence-corrected chi connectivity index (χ4v) is 2.79. The van der Waals surface area contributed by atoms with Crippen molar-refractivity contribution in [1.29, 1.82) is 0 Å². The van der Waals surface area contributed by atoms with Crippen molar-refractivity contribution >= 4 is 28.9 Å². The molecule has 0 radical (unpaired) electrons. The van der Waals surface area contributed by atoms with E-state index in [1.54, 1.807) is 11.3 Å². The number of thiophene rings is 1. The minimum atomic E-state index is 0.253. The van der Waals surface area contributed by atoms with Gasteiger partial charge >= 0.3 is 0 Å². The molecule has 0 aromatic carbocycles. The summed E-state index contributed by atoms with van der Waals surface area (Å²) in [6.07, 6.45) is 2.03. The predicted octanol–water partition coefficient (Wildman–Crippen LogP) is 3.51. The number of nitrogen functional groups attached to an aromatic ring is 1. The molecule has 1 atom stereocenters. The third-order valence-corrected chi connectivity index (χ3v) is 3.90. The highest BCUT2D eigenvalue weighted by molar-refractivity contribution is 7.10. The first-order chi connectivity index (χ1) is 9.72. The molecular weight excluding hydrogens is 270 g/mol. The van der Waals surface area contributed by atoms with Crippen LogP contribution in [0.25, 0.3) is 0 Å². The van der Waals surface area contributed by atoms with Crippen LogP contribution in [0.3, 0.4) is 0 Å². The van der Waals surface area contributed by atoms with E-state index >= 15 is 0 Å². The molecule has 20 heavy (non-hydrogen) atoms. The molecule has 6 heteroatoms. The van der Waals surface area contributed by atoms with Crippen molar-refractivity contribution in [2.45, 2.75) is 32.7 Å². The molecule has 0 amide bonds. The zero-order chi connectivity index (χ0) is 14.4. The number of nitrogens with two attached hydrogens (primary N) is 1. The van der Waals surface area contributed by atoms with Crippen molar-refractivity contribution in [2.75, 3.05) is 22.9 Å². The first-order valence-corrected chi connectivity index (χ1v) is 7.79. The maximum Gasteiger partial charge on any atom is 0.223 e. The quantitative estimate of drug-likeness (QED) is 0.728. The second-order valence-electron chi connectivity index (χ2n) is 4.54. The van der Waals surface area contributed by atoms with Gasteiger partial charge in [0, 0.05) is 17.5 Å². The third-order valence-electron chi connectivity index (χ3n) is 2.92. The smallest absolute Gasteiger partial charge is 0.223 e. The highest BCUT2D eigenvalue weighted by Gasteiger charge is 2.12. The molecule has 0 aliphatic rings. The van der Waals surface area contributed by atoms with Crippen molar-refractivity contribution in [3.63, 3.8) is 0 Å². The Morgan fingerprint density at radius 1 is 1.30 bits per heavy atom. The average molecular weight is 291 g/mol. The summed E-state index contributed by atoms with van der Waals surface area (Å²) in [7, 11) is 0. The standard InChI is InChI=1S/C14H21N5S/c1-3-7-16-12-9-13(19-14(15)18-12)17-10(4-2)11-6-5-8-20-11/h5-6,8-10H,3-4,7H2,1-2H3,(H4,15,16,17,18,19). The third kappa shape index (κ3) is 3.84. The summed E-state index contributed by atoms with van der Waals surface area (Å²) >= 11 is 1.74. The van der Waals surface area contributed by atoms with Gasteiger partial charge in [-0.15, -0.1) is 11.3 Å². The zero-order valence-electron chi connectivity index (χ0n) is 11.9. The maximum absolute atomic E-state index is 5.77. The highest BCUT2D eigenvalue weighted by Crippen LogP contribution is 2.26. The van der Waals surface area contributed by atoms with E-state index in [2.05, 4.69) is 52.0 Å². The first-order valence-electron chi connectivity index (χ1n) is 6.91. The molecule has 0 bridgehead atoms. The van der Waals surface area contributed by atoms with E-state index < -0.39 is 0 Å². The van der Waals surface area contributed by atoms with E-state index in [1.165, 1.54) is 4.88 Å². The van der Waals surface area contributed by atoms with Crippen molar-refractivity contribution < 1.29 is 0 Å². The summed E-state index contributed by atoms with van der Waals surface area (Å²) in [5.41, 5.74) is 5.77. The summed E-state index contributed by atoms with van der Waals surface area (Å²) in [5, 5.41) is 8.75. The van der Waals surface area contributed by atoms with Gasteiger partial charge in [0.1, 0.15) is 11.6 Å². The number of rotatable bonds is 7. The lowest BCUT2D eigenvalue weighted by atomic mass is 10.2. The fourth-order valence-electron chi connectivity index (χ4n) is 1.93. The van der Waals surface area contributed by atoms with Gasteiger partial charge in [-0.2, -0.15) is 9.97 Å². The van der Waals surface area contributed by atoms with Crippen molar-refractivity contribution in [3.05, 3.63) is 28.5 Å². The lowest BCUT2D eigenvalue weighted by molar-refractivity contribution is 0.758. The number of nitrogens with zero attached hydrogens (tertiary/aromatic N) is 2. The van der Waals surface area contributed by atoms with Crippen LogP contribution >= 0.6 is 11.3 Å². The van der Waals surface area contributed by atoms with E-state index in [-0.39, 0.29) is 12.0 Å². The lowest BCUT2D eigenvalue weighted by Gasteiger charge is -2.17. The number of hydrogen-bond donors (Lipinski definition) is 3. The Morgan fingerprint density at radius 2 is 2.10 bits per heavy atom. The van der Waals surface area contributed by atoms with Gasteiger partial charge in [0.2, 0.25) is 5.95 Å². The summed E-state index contributed by atoms with van der Waals surface area (Å²) in [6, 6.07) is 6.35. The molecule has 1 unspecified atom stereocenters. The van der Waals surface area contributed by atoms with Crippen LogP contribution in [0.1, 0.15) is 37.6 Å². The summed E-state index contributed by atoms with van der Waals surface area (Å²) in [4.78, 5) is 9.74. The van der Waals surface area contributed by atoms with Crippen LogP contribution in [-0.4, -0.2) is 16.5 Å². The number of anilines is 3. The summed E-state index contributed by atoms with van der Waals surface area (Å²) in [6.45, 7) is 5.14. The van der Waals surface area contributed by atoms with Crippen LogP contribution < -0.4 is 16.4 Å². The normalized spacial score (nSPS) is 12.1. The molecule has 0 aliphatic heterocycles. The Bertz CT molecular complexity index is 526. The monoisotopic (exact) mass is 291 g/mol. The van der Waals surface area contributed by atoms with Gasteiger partial charge in [0.15, 0.2) is 0 Å². The van der Waals surface area contributed by atoms with Gasteiger partial charge < -0.3 is 16.4 Å². The van der Waals surface area contributed by atoms with E-state index in [0.29, 0.717) is 0 Å². The van der Waals surface area contributed by atoms with Gasteiger partial charge in [0.05, 0.1) is 6.04 Å². The van der Waals surface area contributed by atoms with Gasteiger partial charge in [0.25, 0.3) is 0 Å². The molecule has 2 aromatic rings. The van der Waals surface area contributed by atoms with E-state index in [1.807, 2.05) is 6.07 Å². The topological polar surface area (TPSA) is 75.9 Å². The average Bonchev–Trinajstić information content (AvgIpc) is 2.96. The molecule has 0 aliphatic carbocycles. The molecular formula is C14H21N5S. The first kappa shape index (κ1) is 14.6. The van der Waals surface area contributed by atoms with E-state index in [0.717, 1.165) is 31.0 Å². The molecule has 0 fully saturated rings. The maximum atomic E-state index is 5.77. The predicted molar refractivity (Wildman–Crippen MR) is 86.2 cm³/mol. The van der Waals surface area contributed by atoms with E-state index in [4.69, 9.17) is 5.73 Å². The highest BCUT2D eigenvalue weighted by atomic mass is 32.1. The molecule has 2 rings (SSSR count).